The molecular weight excluding hydrogens is 320 g/mol. The van der Waals surface area contributed by atoms with Crippen LogP contribution >= 0.6 is 27.3 Å². The second kappa shape index (κ2) is 6.25. The molecule has 1 N–H and O–H groups in total. The van der Waals surface area contributed by atoms with Crippen LogP contribution in [0.25, 0.3) is 0 Å². The predicted molar refractivity (Wildman–Crippen MR) is 85.6 cm³/mol. The fourth-order valence-electron chi connectivity index (χ4n) is 3.60. The fraction of sp³-hybridized carbons (Fsp3) is 0.733. The number of nitrogens with one attached hydrogen (secondary N) is 1. The van der Waals surface area contributed by atoms with E-state index < -0.39 is 0 Å². The van der Waals surface area contributed by atoms with E-state index in [4.69, 9.17) is 0 Å². The van der Waals surface area contributed by atoms with Crippen molar-refractivity contribution in [2.75, 3.05) is 13.6 Å². The summed E-state index contributed by atoms with van der Waals surface area (Å²) in [7, 11) is 2.25. The Balaban J connectivity index is 1.42. The number of nitrogens with zero attached hydrogens (tertiary/aromatic N) is 1. The molecule has 0 amide bonds. The summed E-state index contributed by atoms with van der Waals surface area (Å²) in [5.74, 6) is 0.955. The van der Waals surface area contributed by atoms with Crippen molar-refractivity contribution in [3.8, 4) is 0 Å². The number of hydrogen-bond acceptors (Lipinski definition) is 3. The summed E-state index contributed by atoms with van der Waals surface area (Å²) >= 11 is 5.38. The largest absolute Gasteiger partial charge is 0.311 e. The molecule has 1 aromatic rings. The van der Waals surface area contributed by atoms with Gasteiger partial charge in [0.2, 0.25) is 0 Å². The number of rotatable bonds is 5. The maximum absolute atomic E-state index is 3.73. The molecule has 4 heteroatoms. The van der Waals surface area contributed by atoms with Crippen LogP contribution in [0.15, 0.2) is 15.9 Å². The van der Waals surface area contributed by atoms with Crippen molar-refractivity contribution in [3.05, 3.63) is 20.8 Å². The summed E-state index contributed by atoms with van der Waals surface area (Å²) in [4.78, 5) is 3.93. The van der Waals surface area contributed by atoms with E-state index in [9.17, 15) is 0 Å². The van der Waals surface area contributed by atoms with Gasteiger partial charge in [0.15, 0.2) is 0 Å². The summed E-state index contributed by atoms with van der Waals surface area (Å²) in [6, 6.07) is 3.91. The normalized spacial score (nSPS) is 30.2. The number of halogens is 1. The molecule has 2 saturated heterocycles. The molecule has 1 aromatic heterocycles. The van der Waals surface area contributed by atoms with Crippen molar-refractivity contribution in [2.24, 2.45) is 5.92 Å². The quantitative estimate of drug-likeness (QED) is 0.873. The first kappa shape index (κ1) is 14.1. The van der Waals surface area contributed by atoms with Gasteiger partial charge in [-0.1, -0.05) is 0 Å². The molecule has 2 nitrogen and oxygen atoms in total. The first-order valence-corrected chi connectivity index (χ1v) is 9.04. The average molecular weight is 343 g/mol. The smallest absolute Gasteiger partial charge is 0.0325 e. The summed E-state index contributed by atoms with van der Waals surface area (Å²) in [6.07, 6.45) is 7.03. The minimum Gasteiger partial charge on any atom is -0.311 e. The highest BCUT2D eigenvalue weighted by molar-refractivity contribution is 9.10. The minimum absolute atomic E-state index is 0.835. The Morgan fingerprint density at radius 2 is 2.11 bits per heavy atom. The van der Waals surface area contributed by atoms with Crippen molar-refractivity contribution >= 4 is 27.3 Å². The van der Waals surface area contributed by atoms with Gasteiger partial charge in [0.1, 0.15) is 0 Å². The molecule has 2 fully saturated rings. The fourth-order valence-corrected chi connectivity index (χ4v) is 5.13. The lowest BCUT2D eigenvalue weighted by atomic mass is 9.89. The number of hydrogen-bond donors (Lipinski definition) is 1. The highest BCUT2D eigenvalue weighted by Gasteiger charge is 2.33. The maximum Gasteiger partial charge on any atom is 0.0325 e. The molecule has 0 spiro atoms. The van der Waals surface area contributed by atoms with Gasteiger partial charge in [0.25, 0.3) is 0 Å². The standard InChI is InChI=1S/C15H23BrN2S/c1-18(9-15-8-12(16)10-19-15)5-4-11-6-13-2-3-14(7-11)17-13/h8,10-11,13-14,17H,2-7,9H2,1H3. The molecular formula is C15H23BrN2S. The van der Waals surface area contributed by atoms with Gasteiger partial charge in [0.05, 0.1) is 0 Å². The number of piperidine rings is 1. The van der Waals surface area contributed by atoms with Gasteiger partial charge in [-0.15, -0.1) is 11.3 Å². The Morgan fingerprint density at radius 3 is 2.74 bits per heavy atom. The molecule has 2 atom stereocenters. The minimum atomic E-state index is 0.835. The molecule has 0 saturated carbocycles. The lowest BCUT2D eigenvalue weighted by Gasteiger charge is -2.30. The van der Waals surface area contributed by atoms with Crippen LogP contribution in [0.2, 0.25) is 0 Å². The van der Waals surface area contributed by atoms with Crippen molar-refractivity contribution in [1.29, 1.82) is 0 Å². The number of fused-ring (bicyclic) bond motifs is 2. The summed E-state index contributed by atoms with van der Waals surface area (Å²) in [5.41, 5.74) is 0. The lowest BCUT2D eigenvalue weighted by Crippen LogP contribution is -2.38. The van der Waals surface area contributed by atoms with Crippen LogP contribution in [0.3, 0.4) is 0 Å². The molecule has 0 radical (unpaired) electrons. The van der Waals surface area contributed by atoms with E-state index in [0.29, 0.717) is 0 Å². The van der Waals surface area contributed by atoms with Gasteiger partial charge in [0, 0.05) is 33.4 Å². The van der Waals surface area contributed by atoms with Crippen LogP contribution in [-0.2, 0) is 6.54 Å². The summed E-state index contributed by atoms with van der Waals surface area (Å²) in [5, 5.41) is 5.91. The third kappa shape index (κ3) is 3.81. The van der Waals surface area contributed by atoms with Gasteiger partial charge in [-0.05, 0) is 73.6 Å². The van der Waals surface area contributed by atoms with E-state index in [0.717, 1.165) is 24.5 Å². The molecule has 2 unspecified atom stereocenters. The van der Waals surface area contributed by atoms with E-state index in [1.165, 1.54) is 48.0 Å². The van der Waals surface area contributed by atoms with Gasteiger partial charge in [-0.25, -0.2) is 0 Å². The zero-order valence-electron chi connectivity index (χ0n) is 11.6. The Morgan fingerprint density at radius 1 is 1.37 bits per heavy atom. The molecule has 0 aromatic carbocycles. The Bertz CT molecular complexity index is 408. The molecule has 2 aliphatic rings. The van der Waals surface area contributed by atoms with Gasteiger partial charge in [-0.3, -0.25) is 0 Å². The molecule has 0 aliphatic carbocycles. The zero-order valence-corrected chi connectivity index (χ0v) is 14.0. The Labute approximate surface area is 128 Å². The third-order valence-corrected chi connectivity index (χ3v) is 6.22. The highest BCUT2D eigenvalue weighted by atomic mass is 79.9. The Hall–Kier alpha value is 0.1000. The first-order valence-electron chi connectivity index (χ1n) is 7.36. The van der Waals surface area contributed by atoms with Crippen LogP contribution in [0.1, 0.15) is 37.0 Å². The molecule has 19 heavy (non-hydrogen) atoms. The second-order valence-corrected chi connectivity index (χ2v) is 8.14. The predicted octanol–water partition coefficient (Wildman–Crippen LogP) is 3.86. The molecule has 106 valence electrons. The second-order valence-electron chi connectivity index (χ2n) is 6.23. The SMILES string of the molecule is CN(CCC1CC2CCC(C1)N2)Cc1cc(Br)cs1. The van der Waals surface area contributed by atoms with E-state index in [-0.39, 0.29) is 0 Å². The van der Waals surface area contributed by atoms with E-state index in [1.807, 2.05) is 11.3 Å². The van der Waals surface area contributed by atoms with Crippen molar-refractivity contribution in [1.82, 2.24) is 10.2 Å². The summed E-state index contributed by atoms with van der Waals surface area (Å²) in [6.45, 7) is 2.33. The molecule has 3 rings (SSSR count). The summed E-state index contributed by atoms with van der Waals surface area (Å²) < 4.78 is 1.22. The molecule has 3 heterocycles. The first-order chi connectivity index (χ1) is 9.19. The van der Waals surface area contributed by atoms with Crippen LogP contribution in [0, 0.1) is 5.92 Å². The van der Waals surface area contributed by atoms with Crippen LogP contribution < -0.4 is 5.32 Å². The van der Waals surface area contributed by atoms with Crippen molar-refractivity contribution in [3.63, 3.8) is 0 Å². The van der Waals surface area contributed by atoms with Crippen molar-refractivity contribution in [2.45, 2.75) is 50.7 Å². The van der Waals surface area contributed by atoms with Gasteiger partial charge in [-0.2, -0.15) is 0 Å². The van der Waals surface area contributed by atoms with E-state index in [1.54, 1.807) is 0 Å². The topological polar surface area (TPSA) is 15.3 Å². The van der Waals surface area contributed by atoms with Crippen LogP contribution in [-0.4, -0.2) is 30.6 Å². The van der Waals surface area contributed by atoms with Crippen LogP contribution in [0.5, 0.6) is 0 Å². The number of thiophene rings is 1. The van der Waals surface area contributed by atoms with E-state index >= 15 is 0 Å². The van der Waals surface area contributed by atoms with Gasteiger partial charge < -0.3 is 10.2 Å². The lowest BCUT2D eigenvalue weighted by molar-refractivity contribution is 0.239. The van der Waals surface area contributed by atoms with Crippen LogP contribution in [0.4, 0.5) is 0 Å². The zero-order chi connectivity index (χ0) is 13.2. The third-order valence-electron chi connectivity index (χ3n) is 4.54. The molecule has 2 aliphatic heterocycles. The maximum atomic E-state index is 3.73. The van der Waals surface area contributed by atoms with Crippen molar-refractivity contribution < 1.29 is 0 Å². The van der Waals surface area contributed by atoms with E-state index in [2.05, 4.69) is 44.6 Å². The van der Waals surface area contributed by atoms with Gasteiger partial charge >= 0.3 is 0 Å². The Kier molecular flexibility index (Phi) is 4.62. The monoisotopic (exact) mass is 342 g/mol. The molecule has 2 bridgehead atoms. The highest BCUT2D eigenvalue weighted by Crippen LogP contribution is 2.32. The average Bonchev–Trinajstić information content (AvgIpc) is 2.93.